The van der Waals surface area contributed by atoms with Crippen LogP contribution in [0.2, 0.25) is 0 Å². The number of nitrogens with one attached hydrogen (secondary N) is 1. The number of amides is 2. The van der Waals surface area contributed by atoms with Crippen molar-refractivity contribution >= 4 is 11.8 Å². The summed E-state index contributed by atoms with van der Waals surface area (Å²) >= 11 is 0. The second kappa shape index (κ2) is 7.97. The molecule has 0 aromatic heterocycles. The predicted molar refractivity (Wildman–Crippen MR) is 88.1 cm³/mol. The van der Waals surface area contributed by atoms with Crippen molar-refractivity contribution in [3.8, 4) is 5.75 Å². The molecule has 1 aliphatic heterocycles. The number of rotatable bonds is 5. The largest absolute Gasteiger partial charge is 0.497 e. The Hall–Kier alpha value is -2.08. The number of methoxy groups -OCH3 is 1. The second-order valence-corrected chi connectivity index (χ2v) is 5.87. The van der Waals surface area contributed by atoms with Gasteiger partial charge in [0.05, 0.1) is 7.11 Å². The summed E-state index contributed by atoms with van der Waals surface area (Å²) in [7, 11) is 1.66. The molecule has 0 aliphatic carbocycles. The Morgan fingerprint density at radius 1 is 1.17 bits per heavy atom. The van der Waals surface area contributed by atoms with Crippen molar-refractivity contribution in [2.45, 2.75) is 26.4 Å². The minimum atomic E-state index is -0.458. The highest BCUT2D eigenvalue weighted by molar-refractivity contribution is 5.86. The summed E-state index contributed by atoms with van der Waals surface area (Å²) in [6.07, 6.45) is 0. The third-order valence-corrected chi connectivity index (χ3v) is 4.04. The summed E-state index contributed by atoms with van der Waals surface area (Å²) in [6.45, 7) is 7.09. The molecule has 6 nitrogen and oxygen atoms in total. The highest BCUT2D eigenvalue weighted by Crippen LogP contribution is 2.14. The highest BCUT2D eigenvalue weighted by atomic mass is 16.5. The molecular weight excluding hydrogens is 294 g/mol. The summed E-state index contributed by atoms with van der Waals surface area (Å²) in [6, 6.07) is 7.60. The van der Waals surface area contributed by atoms with E-state index in [1.54, 1.807) is 14.0 Å². The molecule has 1 heterocycles. The molecule has 1 unspecified atom stereocenters. The van der Waals surface area contributed by atoms with Gasteiger partial charge in [0.2, 0.25) is 11.8 Å². The van der Waals surface area contributed by atoms with Gasteiger partial charge in [0, 0.05) is 39.6 Å². The Balaban J connectivity index is 1.81. The maximum Gasteiger partial charge on any atom is 0.244 e. The number of benzene rings is 1. The van der Waals surface area contributed by atoms with Crippen molar-refractivity contribution in [1.29, 1.82) is 0 Å². The van der Waals surface area contributed by atoms with Crippen LogP contribution < -0.4 is 10.1 Å². The van der Waals surface area contributed by atoms with Gasteiger partial charge in [-0.25, -0.2) is 0 Å². The summed E-state index contributed by atoms with van der Waals surface area (Å²) < 4.78 is 5.16. The molecule has 0 bridgehead atoms. The van der Waals surface area contributed by atoms with E-state index in [-0.39, 0.29) is 11.8 Å². The Labute approximate surface area is 137 Å². The Kier molecular flexibility index (Phi) is 5.98. The van der Waals surface area contributed by atoms with Gasteiger partial charge in [0.15, 0.2) is 0 Å². The van der Waals surface area contributed by atoms with E-state index < -0.39 is 6.04 Å². The van der Waals surface area contributed by atoms with E-state index in [1.165, 1.54) is 12.5 Å². The molecule has 23 heavy (non-hydrogen) atoms. The molecule has 2 amide bonds. The maximum atomic E-state index is 12.2. The van der Waals surface area contributed by atoms with Crippen LogP contribution in [-0.4, -0.2) is 60.9 Å². The van der Waals surface area contributed by atoms with E-state index >= 15 is 0 Å². The molecule has 0 radical (unpaired) electrons. The summed E-state index contributed by atoms with van der Waals surface area (Å²) in [4.78, 5) is 27.4. The Morgan fingerprint density at radius 2 is 1.78 bits per heavy atom. The number of carbonyl (C=O) groups is 2. The molecular formula is C17H25N3O3. The summed E-state index contributed by atoms with van der Waals surface area (Å²) in [5.41, 5.74) is 1.23. The van der Waals surface area contributed by atoms with Crippen LogP contribution in [0.25, 0.3) is 0 Å². The van der Waals surface area contributed by atoms with Crippen molar-refractivity contribution in [2.24, 2.45) is 0 Å². The van der Waals surface area contributed by atoms with Gasteiger partial charge in [-0.1, -0.05) is 12.1 Å². The number of hydrogen-bond acceptors (Lipinski definition) is 4. The first-order valence-corrected chi connectivity index (χ1v) is 7.90. The Morgan fingerprint density at radius 3 is 2.30 bits per heavy atom. The van der Waals surface area contributed by atoms with Crippen LogP contribution in [0, 0.1) is 0 Å². The highest BCUT2D eigenvalue weighted by Gasteiger charge is 2.25. The fourth-order valence-electron chi connectivity index (χ4n) is 2.76. The lowest BCUT2D eigenvalue weighted by Gasteiger charge is -2.36. The third kappa shape index (κ3) is 4.96. The van der Waals surface area contributed by atoms with Gasteiger partial charge in [0.1, 0.15) is 11.8 Å². The molecule has 1 aromatic carbocycles. The van der Waals surface area contributed by atoms with E-state index in [0.29, 0.717) is 13.1 Å². The van der Waals surface area contributed by atoms with Crippen molar-refractivity contribution in [2.75, 3.05) is 33.3 Å². The molecule has 1 saturated heterocycles. The van der Waals surface area contributed by atoms with Crippen LogP contribution in [0.15, 0.2) is 24.3 Å². The number of piperazine rings is 1. The first-order valence-electron chi connectivity index (χ1n) is 7.90. The molecule has 1 aromatic rings. The fourth-order valence-corrected chi connectivity index (χ4v) is 2.76. The number of carbonyl (C=O) groups excluding carboxylic acids is 2. The average Bonchev–Trinajstić information content (AvgIpc) is 2.55. The van der Waals surface area contributed by atoms with Crippen molar-refractivity contribution < 1.29 is 14.3 Å². The molecule has 126 valence electrons. The quantitative estimate of drug-likeness (QED) is 0.874. The molecule has 1 atom stereocenters. The zero-order chi connectivity index (χ0) is 16.8. The van der Waals surface area contributed by atoms with Gasteiger partial charge < -0.3 is 15.0 Å². The maximum absolute atomic E-state index is 12.2. The molecule has 1 aliphatic rings. The van der Waals surface area contributed by atoms with Crippen LogP contribution in [0.4, 0.5) is 0 Å². The first-order chi connectivity index (χ1) is 11.0. The van der Waals surface area contributed by atoms with Crippen LogP contribution in [0.3, 0.4) is 0 Å². The van der Waals surface area contributed by atoms with Gasteiger partial charge in [-0.3, -0.25) is 14.5 Å². The van der Waals surface area contributed by atoms with Crippen molar-refractivity contribution in [3.05, 3.63) is 29.8 Å². The molecule has 1 N–H and O–H groups in total. The number of nitrogens with zero attached hydrogens (tertiary/aromatic N) is 2. The van der Waals surface area contributed by atoms with Gasteiger partial charge >= 0.3 is 0 Å². The second-order valence-electron chi connectivity index (χ2n) is 5.87. The number of hydrogen-bond donors (Lipinski definition) is 1. The lowest BCUT2D eigenvalue weighted by Crippen LogP contribution is -2.53. The average molecular weight is 319 g/mol. The SMILES string of the molecule is COc1ccc(CN2CCN(C(=O)C(C)NC(C)=O)CC2)cc1. The smallest absolute Gasteiger partial charge is 0.244 e. The van der Waals surface area contributed by atoms with E-state index in [2.05, 4.69) is 22.3 Å². The lowest BCUT2D eigenvalue weighted by molar-refractivity contribution is -0.137. The van der Waals surface area contributed by atoms with Gasteiger partial charge in [-0.15, -0.1) is 0 Å². The van der Waals surface area contributed by atoms with Crippen molar-refractivity contribution in [1.82, 2.24) is 15.1 Å². The van der Waals surface area contributed by atoms with Gasteiger partial charge in [-0.05, 0) is 24.6 Å². The minimum absolute atomic E-state index is 0.00991. The topological polar surface area (TPSA) is 61.9 Å². The monoisotopic (exact) mass is 319 g/mol. The van der Waals surface area contributed by atoms with Crippen molar-refractivity contribution in [3.63, 3.8) is 0 Å². The van der Waals surface area contributed by atoms with E-state index in [1.807, 2.05) is 17.0 Å². The Bertz CT molecular complexity index is 537. The summed E-state index contributed by atoms with van der Waals surface area (Å²) in [5.74, 6) is 0.671. The minimum Gasteiger partial charge on any atom is -0.497 e. The van der Waals surface area contributed by atoms with Crippen LogP contribution in [0.5, 0.6) is 5.75 Å². The van der Waals surface area contributed by atoms with Gasteiger partial charge in [-0.2, -0.15) is 0 Å². The zero-order valence-electron chi connectivity index (χ0n) is 14.0. The van der Waals surface area contributed by atoms with E-state index in [9.17, 15) is 9.59 Å². The zero-order valence-corrected chi connectivity index (χ0v) is 14.0. The molecule has 0 spiro atoms. The third-order valence-electron chi connectivity index (χ3n) is 4.04. The molecule has 1 fully saturated rings. The predicted octanol–water partition coefficient (Wildman–Crippen LogP) is 0.864. The molecule has 0 saturated carbocycles. The van der Waals surface area contributed by atoms with E-state index in [0.717, 1.165) is 25.4 Å². The lowest BCUT2D eigenvalue weighted by atomic mass is 10.2. The first kappa shape index (κ1) is 17.3. The van der Waals surface area contributed by atoms with Crippen LogP contribution in [0.1, 0.15) is 19.4 Å². The van der Waals surface area contributed by atoms with E-state index in [4.69, 9.17) is 4.74 Å². The van der Waals surface area contributed by atoms with Crippen LogP contribution >= 0.6 is 0 Å². The standard InChI is InChI=1S/C17H25N3O3/c1-13(18-14(2)21)17(22)20-10-8-19(9-11-20)12-15-4-6-16(23-3)7-5-15/h4-7,13H,8-12H2,1-3H3,(H,18,21). The fraction of sp³-hybridized carbons (Fsp3) is 0.529. The number of ether oxygens (including phenoxy) is 1. The van der Waals surface area contributed by atoms with Crippen LogP contribution in [-0.2, 0) is 16.1 Å². The normalized spacial score (nSPS) is 16.7. The molecule has 6 heteroatoms. The molecule has 2 rings (SSSR count). The summed E-state index contributed by atoms with van der Waals surface area (Å²) in [5, 5.41) is 2.65. The van der Waals surface area contributed by atoms with Gasteiger partial charge in [0.25, 0.3) is 0 Å².